The minimum Gasteiger partial charge on any atom is -0.341 e. The Bertz CT molecular complexity index is 916. The van der Waals surface area contributed by atoms with Crippen LogP contribution in [0.1, 0.15) is 61.7 Å². The molecule has 1 atom stereocenters. The maximum absolute atomic E-state index is 13.6. The van der Waals surface area contributed by atoms with Crippen LogP contribution in [-0.2, 0) is 9.59 Å². The van der Waals surface area contributed by atoms with Crippen molar-refractivity contribution in [1.29, 1.82) is 0 Å². The standard InChI is InChI=1S/C26H36Cl2N4O3.ClH/c1-30-12-14-31(15-13-30)23(33)5-4-22(29-24(34)19-16-20(27)18-21(28)17-19)25(35)32-10-8-26(9-11-32)6-2-3-7-26;/h16-18,22H,2-15H2,1H3,(H,29,34);1H/t22-;/m1./s1. The Labute approximate surface area is 230 Å². The molecule has 4 rings (SSSR count). The molecule has 2 saturated heterocycles. The van der Waals surface area contributed by atoms with Crippen molar-refractivity contribution >= 4 is 53.3 Å². The fourth-order valence-electron chi connectivity index (χ4n) is 5.71. The fraction of sp³-hybridized carbons (Fsp3) is 0.654. The third-order valence-electron chi connectivity index (χ3n) is 8.03. The average molecular weight is 560 g/mol. The first-order valence-electron chi connectivity index (χ1n) is 12.8. The number of benzene rings is 1. The van der Waals surface area contributed by atoms with Crippen LogP contribution < -0.4 is 5.32 Å². The number of likely N-dealkylation sites (N-methyl/N-ethyl adjacent to an activating group) is 1. The SMILES string of the molecule is CN1CCN(C(=O)CC[C@@H](NC(=O)c2cc(Cl)cc(Cl)c2)C(=O)N2CCC3(CCCC3)CC2)CC1.Cl. The van der Waals surface area contributed by atoms with Gasteiger partial charge in [0.15, 0.2) is 0 Å². The van der Waals surface area contributed by atoms with Gasteiger partial charge in [0, 0.05) is 61.3 Å². The zero-order valence-corrected chi connectivity index (χ0v) is 23.3. The van der Waals surface area contributed by atoms with Gasteiger partial charge in [-0.3, -0.25) is 14.4 Å². The number of carbonyl (C=O) groups is 3. The summed E-state index contributed by atoms with van der Waals surface area (Å²) < 4.78 is 0. The molecular formula is C26H37Cl3N4O3. The van der Waals surface area contributed by atoms with Crippen LogP contribution >= 0.6 is 35.6 Å². The molecule has 2 aliphatic heterocycles. The predicted octanol–water partition coefficient (Wildman–Crippen LogP) is 4.25. The number of piperazine rings is 1. The van der Waals surface area contributed by atoms with Crippen LogP contribution in [0.15, 0.2) is 18.2 Å². The molecule has 0 unspecified atom stereocenters. The molecule has 2 heterocycles. The van der Waals surface area contributed by atoms with Gasteiger partial charge >= 0.3 is 0 Å². The number of nitrogens with zero attached hydrogens (tertiary/aromatic N) is 3. The van der Waals surface area contributed by atoms with Crippen LogP contribution in [-0.4, -0.2) is 84.8 Å². The first-order chi connectivity index (χ1) is 16.7. The van der Waals surface area contributed by atoms with E-state index >= 15 is 0 Å². The first kappa shape index (κ1) is 29.0. The van der Waals surface area contributed by atoms with Gasteiger partial charge in [-0.1, -0.05) is 36.0 Å². The van der Waals surface area contributed by atoms with Gasteiger partial charge in [0.1, 0.15) is 6.04 Å². The molecule has 10 heteroatoms. The molecule has 3 amide bonds. The van der Waals surface area contributed by atoms with E-state index in [0.29, 0.717) is 47.2 Å². The molecule has 1 N–H and O–H groups in total. The summed E-state index contributed by atoms with van der Waals surface area (Å²) in [6.45, 7) is 4.48. The quantitative estimate of drug-likeness (QED) is 0.566. The van der Waals surface area contributed by atoms with E-state index in [-0.39, 0.29) is 37.1 Å². The maximum Gasteiger partial charge on any atom is 0.252 e. The lowest BCUT2D eigenvalue weighted by atomic mass is 9.77. The lowest BCUT2D eigenvalue weighted by Crippen LogP contribution is -2.52. The molecule has 7 nitrogen and oxygen atoms in total. The number of carbonyl (C=O) groups excluding carboxylic acids is 3. The Morgan fingerprint density at radius 1 is 0.889 bits per heavy atom. The number of piperidine rings is 1. The van der Waals surface area contributed by atoms with Gasteiger partial charge in [-0.25, -0.2) is 0 Å². The van der Waals surface area contributed by atoms with Crippen molar-refractivity contribution in [2.24, 2.45) is 5.41 Å². The Morgan fingerprint density at radius 2 is 1.47 bits per heavy atom. The largest absolute Gasteiger partial charge is 0.341 e. The average Bonchev–Trinajstić information content (AvgIpc) is 3.29. The monoisotopic (exact) mass is 558 g/mol. The smallest absolute Gasteiger partial charge is 0.252 e. The molecule has 1 aliphatic carbocycles. The van der Waals surface area contributed by atoms with Crippen molar-refractivity contribution in [3.05, 3.63) is 33.8 Å². The summed E-state index contributed by atoms with van der Waals surface area (Å²) in [4.78, 5) is 45.4. The fourth-order valence-corrected chi connectivity index (χ4v) is 6.24. The highest BCUT2D eigenvalue weighted by atomic mass is 35.5. The summed E-state index contributed by atoms with van der Waals surface area (Å²) in [6.07, 6.45) is 7.59. The van der Waals surface area contributed by atoms with Gasteiger partial charge < -0.3 is 20.0 Å². The van der Waals surface area contributed by atoms with Crippen molar-refractivity contribution < 1.29 is 14.4 Å². The lowest BCUT2D eigenvalue weighted by molar-refractivity contribution is -0.136. The number of hydrogen-bond donors (Lipinski definition) is 1. The van der Waals surface area contributed by atoms with Crippen LogP contribution in [0.5, 0.6) is 0 Å². The molecule has 0 radical (unpaired) electrons. The van der Waals surface area contributed by atoms with Gasteiger partial charge in [0.25, 0.3) is 5.91 Å². The molecule has 1 saturated carbocycles. The molecular weight excluding hydrogens is 523 g/mol. The number of hydrogen-bond acceptors (Lipinski definition) is 4. The van der Waals surface area contributed by atoms with Crippen LogP contribution in [0.3, 0.4) is 0 Å². The van der Waals surface area contributed by atoms with Crippen molar-refractivity contribution in [3.63, 3.8) is 0 Å². The summed E-state index contributed by atoms with van der Waals surface area (Å²) >= 11 is 12.2. The van der Waals surface area contributed by atoms with Crippen molar-refractivity contribution in [1.82, 2.24) is 20.0 Å². The lowest BCUT2D eigenvalue weighted by Gasteiger charge is -2.40. The van der Waals surface area contributed by atoms with E-state index < -0.39 is 11.9 Å². The van der Waals surface area contributed by atoms with E-state index in [1.54, 1.807) is 6.07 Å². The van der Waals surface area contributed by atoms with Crippen molar-refractivity contribution in [2.45, 2.75) is 57.4 Å². The third kappa shape index (κ3) is 7.27. The van der Waals surface area contributed by atoms with Gasteiger partial charge in [-0.05, 0) is 62.8 Å². The van der Waals surface area contributed by atoms with Crippen molar-refractivity contribution in [3.8, 4) is 0 Å². The molecule has 0 bridgehead atoms. The third-order valence-corrected chi connectivity index (χ3v) is 8.47. The van der Waals surface area contributed by atoms with Crippen LogP contribution in [0.2, 0.25) is 10.0 Å². The van der Waals surface area contributed by atoms with E-state index in [2.05, 4.69) is 10.2 Å². The van der Waals surface area contributed by atoms with E-state index in [1.165, 1.54) is 37.8 Å². The second-order valence-corrected chi connectivity index (χ2v) is 11.3. The summed E-state index contributed by atoms with van der Waals surface area (Å²) in [6, 6.07) is 3.85. The summed E-state index contributed by atoms with van der Waals surface area (Å²) in [5, 5.41) is 3.60. The molecule has 3 aliphatic rings. The molecule has 36 heavy (non-hydrogen) atoms. The first-order valence-corrected chi connectivity index (χ1v) is 13.5. The summed E-state index contributed by atoms with van der Waals surface area (Å²) in [5.74, 6) is -0.492. The van der Waals surface area contributed by atoms with Gasteiger partial charge in [-0.15, -0.1) is 12.4 Å². The second kappa shape index (κ2) is 12.8. The normalized spacial score (nSPS) is 20.6. The van der Waals surface area contributed by atoms with Crippen LogP contribution in [0, 0.1) is 5.41 Å². The van der Waals surface area contributed by atoms with Crippen molar-refractivity contribution in [2.75, 3.05) is 46.3 Å². The number of halogens is 3. The Balaban J connectivity index is 0.00000361. The zero-order chi connectivity index (χ0) is 25.0. The Morgan fingerprint density at radius 3 is 2.06 bits per heavy atom. The van der Waals surface area contributed by atoms with E-state index in [0.717, 1.165) is 25.9 Å². The topological polar surface area (TPSA) is 73.0 Å². The van der Waals surface area contributed by atoms with Crippen LogP contribution in [0.25, 0.3) is 0 Å². The maximum atomic E-state index is 13.6. The number of rotatable bonds is 6. The van der Waals surface area contributed by atoms with E-state index in [1.807, 2.05) is 16.8 Å². The highest BCUT2D eigenvalue weighted by Gasteiger charge is 2.39. The van der Waals surface area contributed by atoms with Gasteiger partial charge in [0.05, 0.1) is 0 Å². The highest BCUT2D eigenvalue weighted by Crippen LogP contribution is 2.46. The molecule has 1 spiro atoms. The minimum atomic E-state index is -0.769. The molecule has 3 fully saturated rings. The second-order valence-electron chi connectivity index (χ2n) is 10.4. The summed E-state index contributed by atoms with van der Waals surface area (Å²) in [5.41, 5.74) is 0.694. The van der Waals surface area contributed by atoms with E-state index in [4.69, 9.17) is 23.2 Å². The predicted molar refractivity (Wildman–Crippen MR) is 145 cm³/mol. The van der Waals surface area contributed by atoms with Crippen LogP contribution in [0.4, 0.5) is 0 Å². The number of nitrogens with one attached hydrogen (secondary N) is 1. The summed E-state index contributed by atoms with van der Waals surface area (Å²) in [7, 11) is 2.04. The number of likely N-dealkylation sites (tertiary alicyclic amines) is 1. The molecule has 1 aromatic rings. The Hall–Kier alpha value is -1.54. The molecule has 0 aromatic heterocycles. The molecule has 1 aromatic carbocycles. The zero-order valence-electron chi connectivity index (χ0n) is 20.9. The minimum absolute atomic E-state index is 0. The Kier molecular flexibility index (Phi) is 10.3. The number of amides is 3. The molecule has 200 valence electrons. The highest BCUT2D eigenvalue weighted by molar-refractivity contribution is 6.35. The van der Waals surface area contributed by atoms with E-state index in [9.17, 15) is 14.4 Å². The van der Waals surface area contributed by atoms with Gasteiger partial charge in [0.2, 0.25) is 11.8 Å². The van der Waals surface area contributed by atoms with Gasteiger partial charge in [-0.2, -0.15) is 0 Å².